The second-order valence-corrected chi connectivity index (χ2v) is 5.65. The molecule has 112 valence electrons. The number of imidazole rings is 1. The van der Waals surface area contributed by atoms with Crippen molar-refractivity contribution in [2.24, 2.45) is 0 Å². The van der Waals surface area contributed by atoms with Crippen LogP contribution in [0.25, 0.3) is 5.52 Å². The zero-order valence-corrected chi connectivity index (χ0v) is 12.1. The highest BCUT2D eigenvalue weighted by atomic mass is 16.2. The van der Waals surface area contributed by atoms with Crippen LogP contribution in [-0.2, 0) is 0 Å². The van der Waals surface area contributed by atoms with Crippen LogP contribution in [0.5, 0.6) is 0 Å². The number of fused-ring (bicyclic) bond motifs is 1. The van der Waals surface area contributed by atoms with E-state index in [0.717, 1.165) is 30.7 Å². The third kappa shape index (κ3) is 2.16. The maximum atomic E-state index is 12.8. The number of aromatic amines is 1. The molecule has 0 spiro atoms. The van der Waals surface area contributed by atoms with E-state index in [-0.39, 0.29) is 11.8 Å². The van der Waals surface area contributed by atoms with Gasteiger partial charge in [0.2, 0.25) is 0 Å². The maximum Gasteiger partial charge on any atom is 0.257 e. The van der Waals surface area contributed by atoms with Gasteiger partial charge in [-0.3, -0.25) is 4.79 Å². The van der Waals surface area contributed by atoms with Gasteiger partial charge in [0.1, 0.15) is 5.82 Å². The number of amides is 1. The Hall–Kier alpha value is -2.63. The topological polar surface area (TPSA) is 66.3 Å². The van der Waals surface area contributed by atoms with Crippen LogP contribution in [0, 0.1) is 0 Å². The van der Waals surface area contributed by atoms with Crippen molar-refractivity contribution < 1.29 is 4.79 Å². The zero-order chi connectivity index (χ0) is 14.9. The zero-order valence-electron chi connectivity index (χ0n) is 12.1. The summed E-state index contributed by atoms with van der Waals surface area (Å²) in [6.45, 7) is 1.50. The summed E-state index contributed by atoms with van der Waals surface area (Å²) in [5.74, 6) is 1.31. The van der Waals surface area contributed by atoms with Crippen LogP contribution in [0.2, 0.25) is 0 Å². The van der Waals surface area contributed by atoms with Gasteiger partial charge in [0.15, 0.2) is 0 Å². The van der Waals surface area contributed by atoms with Gasteiger partial charge in [-0.05, 0) is 25.0 Å². The van der Waals surface area contributed by atoms with Gasteiger partial charge in [0, 0.05) is 37.6 Å². The van der Waals surface area contributed by atoms with Gasteiger partial charge in [0.05, 0.1) is 17.3 Å². The van der Waals surface area contributed by atoms with Crippen molar-refractivity contribution >= 4 is 11.4 Å². The van der Waals surface area contributed by atoms with Crippen LogP contribution in [-0.4, -0.2) is 43.5 Å². The molecular weight excluding hydrogens is 278 g/mol. The van der Waals surface area contributed by atoms with Gasteiger partial charge in [-0.1, -0.05) is 6.07 Å². The molecule has 1 amide bonds. The monoisotopic (exact) mass is 295 g/mol. The van der Waals surface area contributed by atoms with Gasteiger partial charge >= 0.3 is 0 Å². The summed E-state index contributed by atoms with van der Waals surface area (Å²) in [5.41, 5.74) is 1.52. The molecule has 4 rings (SSSR count). The highest BCUT2D eigenvalue weighted by molar-refractivity contribution is 6.00. The van der Waals surface area contributed by atoms with Crippen molar-refractivity contribution in [3.63, 3.8) is 0 Å². The third-order valence-corrected chi connectivity index (χ3v) is 4.27. The lowest BCUT2D eigenvalue weighted by Crippen LogP contribution is -2.39. The molecule has 6 nitrogen and oxygen atoms in total. The van der Waals surface area contributed by atoms with Gasteiger partial charge in [-0.25, -0.2) is 9.50 Å². The Balaban J connectivity index is 1.60. The molecule has 0 bridgehead atoms. The maximum absolute atomic E-state index is 12.8. The summed E-state index contributed by atoms with van der Waals surface area (Å²) in [7, 11) is 0. The van der Waals surface area contributed by atoms with E-state index < -0.39 is 0 Å². The number of aromatic nitrogens is 4. The molecule has 1 saturated heterocycles. The van der Waals surface area contributed by atoms with E-state index in [1.165, 1.54) is 0 Å². The van der Waals surface area contributed by atoms with E-state index >= 15 is 0 Å². The first-order valence-electron chi connectivity index (χ1n) is 7.54. The second-order valence-electron chi connectivity index (χ2n) is 5.65. The van der Waals surface area contributed by atoms with Crippen LogP contribution in [0.4, 0.5) is 0 Å². The average molecular weight is 295 g/mol. The number of piperidine rings is 1. The summed E-state index contributed by atoms with van der Waals surface area (Å²) >= 11 is 0. The van der Waals surface area contributed by atoms with E-state index in [1.54, 1.807) is 16.9 Å². The predicted octanol–water partition coefficient (Wildman–Crippen LogP) is 2.08. The highest BCUT2D eigenvalue weighted by Crippen LogP contribution is 2.26. The first-order valence-corrected chi connectivity index (χ1v) is 7.54. The first kappa shape index (κ1) is 13.1. The second kappa shape index (κ2) is 5.29. The van der Waals surface area contributed by atoms with E-state index in [0.29, 0.717) is 12.1 Å². The van der Waals surface area contributed by atoms with E-state index in [1.807, 2.05) is 35.5 Å². The summed E-state index contributed by atoms with van der Waals surface area (Å²) in [4.78, 5) is 22.3. The van der Waals surface area contributed by atoms with Crippen LogP contribution in [0.1, 0.15) is 34.9 Å². The Kier molecular flexibility index (Phi) is 3.14. The molecule has 22 heavy (non-hydrogen) atoms. The number of nitrogens with zero attached hydrogens (tertiary/aromatic N) is 4. The minimum absolute atomic E-state index is 0.0532. The Morgan fingerprint density at radius 1 is 1.36 bits per heavy atom. The summed E-state index contributed by atoms with van der Waals surface area (Å²) in [6.07, 6.45) is 9.17. The van der Waals surface area contributed by atoms with Crippen molar-refractivity contribution in [3.05, 3.63) is 54.4 Å². The normalized spacial score (nSPS) is 18.7. The Morgan fingerprint density at radius 2 is 2.32 bits per heavy atom. The summed E-state index contributed by atoms with van der Waals surface area (Å²) in [6, 6.07) is 5.76. The third-order valence-electron chi connectivity index (χ3n) is 4.27. The molecule has 0 saturated carbocycles. The lowest BCUT2D eigenvalue weighted by atomic mass is 9.97. The molecule has 0 aliphatic carbocycles. The van der Waals surface area contributed by atoms with Crippen molar-refractivity contribution in [3.8, 4) is 0 Å². The number of likely N-dealkylation sites (tertiary alicyclic amines) is 1. The molecule has 1 unspecified atom stereocenters. The SMILES string of the molecule is O=C(c1cnn2ccccc12)N1CCCC(c2ncc[nH]2)C1. The van der Waals surface area contributed by atoms with Crippen molar-refractivity contribution in [2.45, 2.75) is 18.8 Å². The minimum atomic E-state index is 0.0532. The number of H-pyrrole nitrogens is 1. The summed E-state index contributed by atoms with van der Waals surface area (Å²) in [5, 5.41) is 4.25. The molecule has 1 N–H and O–H groups in total. The molecule has 4 heterocycles. The molecule has 1 aliphatic heterocycles. The number of pyridine rings is 1. The molecule has 1 fully saturated rings. The molecule has 3 aromatic heterocycles. The Morgan fingerprint density at radius 3 is 3.18 bits per heavy atom. The number of rotatable bonds is 2. The molecule has 1 aliphatic rings. The van der Waals surface area contributed by atoms with E-state index in [4.69, 9.17) is 0 Å². The molecule has 6 heteroatoms. The largest absolute Gasteiger partial charge is 0.348 e. The van der Waals surface area contributed by atoms with Crippen molar-refractivity contribution in [1.82, 2.24) is 24.5 Å². The lowest BCUT2D eigenvalue weighted by Gasteiger charge is -2.31. The van der Waals surface area contributed by atoms with Crippen LogP contribution in [0.15, 0.2) is 43.0 Å². The van der Waals surface area contributed by atoms with Crippen LogP contribution >= 0.6 is 0 Å². The standard InChI is InChI=1S/C16H17N5O/c22-16(13-10-19-21-9-2-1-5-14(13)21)20-8-3-4-12(11-20)15-17-6-7-18-15/h1-2,5-7,9-10,12H,3-4,8,11H2,(H,17,18). The van der Waals surface area contributed by atoms with E-state index in [9.17, 15) is 4.79 Å². The van der Waals surface area contributed by atoms with Gasteiger partial charge < -0.3 is 9.88 Å². The molecule has 1 atom stereocenters. The Labute approximate surface area is 127 Å². The first-order chi connectivity index (χ1) is 10.8. The number of hydrogen-bond donors (Lipinski definition) is 1. The smallest absolute Gasteiger partial charge is 0.257 e. The fraction of sp³-hybridized carbons (Fsp3) is 0.312. The van der Waals surface area contributed by atoms with Gasteiger partial charge in [-0.15, -0.1) is 0 Å². The van der Waals surface area contributed by atoms with Gasteiger partial charge in [0.25, 0.3) is 5.91 Å². The van der Waals surface area contributed by atoms with E-state index in [2.05, 4.69) is 15.1 Å². The number of hydrogen-bond acceptors (Lipinski definition) is 3. The fourth-order valence-corrected chi connectivity index (χ4v) is 3.16. The molecule has 3 aromatic rings. The molecule has 0 radical (unpaired) electrons. The number of carbonyl (C=O) groups excluding carboxylic acids is 1. The quantitative estimate of drug-likeness (QED) is 0.787. The predicted molar refractivity (Wildman–Crippen MR) is 81.7 cm³/mol. The molecule has 0 aromatic carbocycles. The average Bonchev–Trinajstić information content (AvgIpc) is 3.24. The lowest BCUT2D eigenvalue weighted by molar-refractivity contribution is 0.0706. The highest BCUT2D eigenvalue weighted by Gasteiger charge is 2.28. The van der Waals surface area contributed by atoms with Crippen LogP contribution in [0.3, 0.4) is 0 Å². The minimum Gasteiger partial charge on any atom is -0.348 e. The number of carbonyl (C=O) groups is 1. The summed E-state index contributed by atoms with van der Waals surface area (Å²) < 4.78 is 1.74. The molecular formula is C16H17N5O. The van der Waals surface area contributed by atoms with Gasteiger partial charge in [-0.2, -0.15) is 5.10 Å². The van der Waals surface area contributed by atoms with Crippen LogP contribution < -0.4 is 0 Å². The fourth-order valence-electron chi connectivity index (χ4n) is 3.16. The van der Waals surface area contributed by atoms with Crippen molar-refractivity contribution in [1.29, 1.82) is 0 Å². The number of nitrogens with one attached hydrogen (secondary N) is 1. The Bertz CT molecular complexity index is 792. The van der Waals surface area contributed by atoms with Crippen molar-refractivity contribution in [2.75, 3.05) is 13.1 Å².